The Morgan fingerprint density at radius 2 is 2.05 bits per heavy atom. The molecule has 2 rings (SSSR count). The van der Waals surface area contributed by atoms with E-state index >= 15 is 0 Å². The Morgan fingerprint density at radius 1 is 1.47 bits per heavy atom. The molecule has 0 spiro atoms. The molecule has 19 heavy (non-hydrogen) atoms. The molecule has 1 saturated carbocycles. The lowest BCUT2D eigenvalue weighted by Crippen LogP contribution is -2.26. The maximum atomic E-state index is 12.3. The van der Waals surface area contributed by atoms with E-state index < -0.39 is 11.4 Å². The van der Waals surface area contributed by atoms with Gasteiger partial charge < -0.3 is 10.1 Å². The van der Waals surface area contributed by atoms with Crippen LogP contribution in [0.2, 0.25) is 0 Å². The van der Waals surface area contributed by atoms with Crippen LogP contribution in [0.1, 0.15) is 28.6 Å². The molecule has 1 atom stereocenters. The van der Waals surface area contributed by atoms with E-state index in [1.165, 1.54) is 18.4 Å². The number of carbonyl (C=O) groups is 2. The van der Waals surface area contributed by atoms with E-state index in [-0.39, 0.29) is 9.14 Å². The van der Waals surface area contributed by atoms with Crippen molar-refractivity contribution in [3.8, 4) is 0 Å². The Morgan fingerprint density at radius 3 is 2.53 bits per heavy atom. The summed E-state index contributed by atoms with van der Waals surface area (Å²) in [5, 5.41) is 3.36. The number of esters is 1. The van der Waals surface area contributed by atoms with Crippen molar-refractivity contribution in [3.63, 3.8) is 0 Å². The Bertz CT molecular complexity index is 555. The van der Waals surface area contributed by atoms with Crippen LogP contribution in [0.4, 0.5) is 5.00 Å². The van der Waals surface area contributed by atoms with Crippen LogP contribution in [0.15, 0.2) is 6.07 Å². The van der Waals surface area contributed by atoms with E-state index in [1.54, 1.807) is 6.07 Å². The minimum atomic E-state index is -0.516. The molecule has 1 aromatic rings. The second kappa shape index (κ2) is 4.86. The third-order valence-corrected chi connectivity index (χ3v) is 6.52. The SMILES string of the molecule is COC(=O)c1cc(C)sc1NC(=O)[C@]1(C)CC1(Br)Br. The van der Waals surface area contributed by atoms with Gasteiger partial charge >= 0.3 is 5.97 Å². The molecule has 1 aromatic heterocycles. The van der Waals surface area contributed by atoms with Gasteiger partial charge in [-0.1, -0.05) is 31.9 Å². The summed E-state index contributed by atoms with van der Waals surface area (Å²) in [5.41, 5.74) is -0.115. The maximum absolute atomic E-state index is 12.3. The Hall–Kier alpha value is -0.400. The monoisotopic (exact) mass is 409 g/mol. The smallest absolute Gasteiger partial charge is 0.340 e. The topological polar surface area (TPSA) is 55.4 Å². The van der Waals surface area contributed by atoms with Crippen LogP contribution >= 0.6 is 43.2 Å². The molecule has 4 nitrogen and oxygen atoms in total. The number of ether oxygens (including phenoxy) is 1. The van der Waals surface area contributed by atoms with Gasteiger partial charge in [-0.05, 0) is 26.3 Å². The third kappa shape index (κ3) is 2.60. The fourth-order valence-electron chi connectivity index (χ4n) is 1.76. The zero-order chi connectivity index (χ0) is 14.4. The lowest BCUT2D eigenvalue weighted by molar-refractivity contribution is -0.120. The van der Waals surface area contributed by atoms with E-state index in [2.05, 4.69) is 37.2 Å². The number of alkyl halides is 2. The second-order valence-electron chi connectivity index (χ2n) is 4.76. The predicted molar refractivity (Wildman–Crippen MR) is 82.3 cm³/mol. The summed E-state index contributed by atoms with van der Waals surface area (Å²) in [6, 6.07) is 1.72. The van der Waals surface area contributed by atoms with Crippen LogP contribution in [0, 0.1) is 12.3 Å². The Kier molecular flexibility index (Phi) is 3.83. The first-order chi connectivity index (χ1) is 8.71. The quantitative estimate of drug-likeness (QED) is 0.610. The highest BCUT2D eigenvalue weighted by atomic mass is 79.9. The molecule has 0 bridgehead atoms. The lowest BCUT2D eigenvalue weighted by Gasteiger charge is -2.12. The van der Waals surface area contributed by atoms with Gasteiger partial charge in [0.15, 0.2) is 0 Å². The van der Waals surface area contributed by atoms with Crippen molar-refractivity contribution in [2.24, 2.45) is 5.41 Å². The van der Waals surface area contributed by atoms with Crippen LogP contribution < -0.4 is 5.32 Å². The van der Waals surface area contributed by atoms with Crippen molar-refractivity contribution < 1.29 is 14.3 Å². The Labute approximate surface area is 132 Å². The molecular formula is C12H13Br2NO3S. The summed E-state index contributed by atoms with van der Waals surface area (Å²) in [6.07, 6.45) is 0.698. The zero-order valence-electron chi connectivity index (χ0n) is 10.7. The normalized spacial score (nSPS) is 23.8. The molecule has 104 valence electrons. The summed E-state index contributed by atoms with van der Waals surface area (Å²) in [6.45, 7) is 3.75. The number of anilines is 1. The second-order valence-corrected chi connectivity index (χ2v) is 9.79. The molecule has 1 N–H and O–H groups in total. The van der Waals surface area contributed by atoms with Gasteiger partial charge in [0.25, 0.3) is 0 Å². The number of nitrogens with one attached hydrogen (secondary N) is 1. The molecule has 1 amide bonds. The zero-order valence-corrected chi connectivity index (χ0v) is 14.7. The van der Waals surface area contributed by atoms with Crippen molar-refractivity contribution in [3.05, 3.63) is 16.5 Å². The summed E-state index contributed by atoms with van der Waals surface area (Å²) in [5.74, 6) is -0.558. The highest BCUT2D eigenvalue weighted by Gasteiger charge is 2.66. The van der Waals surface area contributed by atoms with Crippen molar-refractivity contribution in [1.82, 2.24) is 0 Å². The van der Waals surface area contributed by atoms with Crippen molar-refractivity contribution in [2.45, 2.75) is 23.5 Å². The number of carbonyl (C=O) groups excluding carboxylic acids is 2. The minimum absolute atomic E-state index is 0.117. The molecule has 1 aliphatic rings. The largest absolute Gasteiger partial charge is 0.465 e. The number of halogens is 2. The van der Waals surface area contributed by atoms with Gasteiger partial charge in [0, 0.05) is 4.88 Å². The summed E-state index contributed by atoms with van der Waals surface area (Å²) in [7, 11) is 1.32. The molecular weight excluding hydrogens is 398 g/mol. The molecule has 0 radical (unpaired) electrons. The number of amides is 1. The summed E-state index contributed by atoms with van der Waals surface area (Å²) in [4.78, 5) is 24.8. The van der Waals surface area contributed by atoms with E-state index in [4.69, 9.17) is 4.74 Å². The number of thiophene rings is 1. The van der Waals surface area contributed by atoms with Gasteiger partial charge in [-0.25, -0.2) is 4.79 Å². The number of methoxy groups -OCH3 is 1. The first-order valence-electron chi connectivity index (χ1n) is 5.59. The maximum Gasteiger partial charge on any atom is 0.340 e. The average Bonchev–Trinajstić information content (AvgIpc) is 2.67. The standard InChI is InChI=1S/C12H13Br2NO3S/c1-6-4-7(9(16)18-3)8(19-6)15-10(17)11(2)5-12(11,13)14/h4H,5H2,1-3H3,(H,15,17)/t11-/m0/s1. The van der Waals surface area contributed by atoms with Crippen LogP contribution in [0.3, 0.4) is 0 Å². The molecule has 0 saturated heterocycles. The molecule has 1 fully saturated rings. The fraction of sp³-hybridized carbons (Fsp3) is 0.500. The minimum Gasteiger partial charge on any atom is -0.465 e. The molecule has 1 aliphatic carbocycles. The third-order valence-electron chi connectivity index (χ3n) is 3.25. The van der Waals surface area contributed by atoms with Crippen LogP contribution in [0.5, 0.6) is 0 Å². The molecule has 0 aromatic carbocycles. The molecule has 1 heterocycles. The number of rotatable bonds is 3. The van der Waals surface area contributed by atoms with Gasteiger partial charge in [-0.15, -0.1) is 11.3 Å². The van der Waals surface area contributed by atoms with E-state index in [1.807, 2.05) is 13.8 Å². The summed E-state index contributed by atoms with van der Waals surface area (Å²) < 4.78 is 4.36. The van der Waals surface area contributed by atoms with Gasteiger partial charge in [0.1, 0.15) is 5.00 Å². The van der Waals surface area contributed by atoms with Gasteiger partial charge in [-0.2, -0.15) is 0 Å². The lowest BCUT2D eigenvalue weighted by atomic mass is 10.1. The van der Waals surface area contributed by atoms with Gasteiger partial charge in [0.05, 0.1) is 21.3 Å². The Balaban J connectivity index is 2.21. The molecule has 0 unspecified atom stereocenters. The molecule has 0 aliphatic heterocycles. The number of hydrogen-bond donors (Lipinski definition) is 1. The highest BCUT2D eigenvalue weighted by Crippen LogP contribution is 2.66. The average molecular weight is 411 g/mol. The van der Waals surface area contributed by atoms with Crippen LogP contribution in [-0.2, 0) is 9.53 Å². The van der Waals surface area contributed by atoms with Crippen molar-refractivity contribution in [2.75, 3.05) is 12.4 Å². The fourth-order valence-corrected chi connectivity index (χ4v) is 4.13. The predicted octanol–water partition coefficient (Wildman–Crippen LogP) is 3.68. The van der Waals surface area contributed by atoms with E-state index in [9.17, 15) is 9.59 Å². The first-order valence-corrected chi connectivity index (χ1v) is 7.99. The van der Waals surface area contributed by atoms with Gasteiger partial charge in [0.2, 0.25) is 5.91 Å². The van der Waals surface area contributed by atoms with Crippen molar-refractivity contribution >= 4 is 60.1 Å². The van der Waals surface area contributed by atoms with Crippen LogP contribution in [-0.4, -0.2) is 22.2 Å². The van der Waals surface area contributed by atoms with E-state index in [0.717, 1.165) is 4.88 Å². The number of aryl methyl sites for hydroxylation is 1. The first kappa shape index (κ1) is 15.0. The summed E-state index contributed by atoms with van der Waals surface area (Å²) >= 11 is 8.28. The van der Waals surface area contributed by atoms with Gasteiger partial charge in [-0.3, -0.25) is 4.79 Å². The highest BCUT2D eigenvalue weighted by molar-refractivity contribution is 9.25. The molecule has 7 heteroatoms. The number of hydrogen-bond acceptors (Lipinski definition) is 4. The van der Waals surface area contributed by atoms with Crippen LogP contribution in [0.25, 0.3) is 0 Å². The van der Waals surface area contributed by atoms with Crippen molar-refractivity contribution in [1.29, 1.82) is 0 Å². The van der Waals surface area contributed by atoms with E-state index in [0.29, 0.717) is 17.0 Å².